The molecule has 11 heteroatoms. The average Bonchev–Trinajstić information content (AvgIpc) is 3.13. The monoisotopic (exact) mass is 393 g/mol. The second kappa shape index (κ2) is 7.62. The first-order valence-electron chi connectivity index (χ1n) is 7.95. The largest absolute Gasteiger partial charge is 0.471 e. The van der Waals surface area contributed by atoms with Crippen LogP contribution >= 0.6 is 0 Å². The Morgan fingerprint density at radius 2 is 2.00 bits per heavy atom. The zero-order valence-electron chi connectivity index (χ0n) is 14.7. The first-order chi connectivity index (χ1) is 13.2. The van der Waals surface area contributed by atoms with Crippen LogP contribution in [0.2, 0.25) is 0 Å². The third kappa shape index (κ3) is 4.61. The van der Waals surface area contributed by atoms with E-state index in [-0.39, 0.29) is 23.8 Å². The molecule has 0 saturated heterocycles. The van der Waals surface area contributed by atoms with Gasteiger partial charge in [-0.05, 0) is 31.5 Å². The van der Waals surface area contributed by atoms with Crippen LogP contribution in [0.15, 0.2) is 35.1 Å². The maximum atomic E-state index is 12.5. The van der Waals surface area contributed by atoms with Crippen LogP contribution in [0.3, 0.4) is 0 Å². The van der Waals surface area contributed by atoms with Crippen molar-refractivity contribution in [2.45, 2.75) is 26.6 Å². The number of carbonyl (C=O) groups excluding carboxylic acids is 1. The Balaban J connectivity index is 1.64. The Bertz CT molecular complexity index is 986. The van der Waals surface area contributed by atoms with Crippen molar-refractivity contribution in [3.05, 3.63) is 53.3 Å². The fourth-order valence-electron chi connectivity index (χ4n) is 2.15. The summed E-state index contributed by atoms with van der Waals surface area (Å²) in [7, 11) is 0. The Labute approximate surface area is 156 Å². The first kappa shape index (κ1) is 19.3. The Morgan fingerprint density at radius 1 is 1.21 bits per heavy atom. The lowest BCUT2D eigenvalue weighted by atomic mass is 10.2. The molecule has 3 aromatic rings. The van der Waals surface area contributed by atoms with E-state index in [0.717, 1.165) is 11.3 Å². The first-order valence-corrected chi connectivity index (χ1v) is 7.95. The molecule has 28 heavy (non-hydrogen) atoms. The lowest BCUT2D eigenvalue weighted by Gasteiger charge is -2.09. The van der Waals surface area contributed by atoms with Gasteiger partial charge in [-0.15, -0.1) is 0 Å². The summed E-state index contributed by atoms with van der Waals surface area (Å²) in [6, 6.07) is 5.05. The minimum absolute atomic E-state index is 0.0271. The van der Waals surface area contributed by atoms with Crippen molar-refractivity contribution in [3.63, 3.8) is 0 Å². The number of aromatic nitrogens is 4. The maximum Gasteiger partial charge on any atom is 0.471 e. The van der Waals surface area contributed by atoms with Crippen LogP contribution in [0.25, 0.3) is 11.4 Å². The normalized spacial score (nSPS) is 11.3. The van der Waals surface area contributed by atoms with Crippen LogP contribution < -0.4 is 5.32 Å². The van der Waals surface area contributed by atoms with Crippen molar-refractivity contribution in [2.75, 3.05) is 5.32 Å². The minimum atomic E-state index is -4.73. The second-order valence-electron chi connectivity index (χ2n) is 5.82. The summed E-state index contributed by atoms with van der Waals surface area (Å²) in [5.74, 6) is -1.52. The molecule has 8 nitrogen and oxygen atoms in total. The summed E-state index contributed by atoms with van der Waals surface area (Å²) in [6.07, 6.45) is -2.65. The summed E-state index contributed by atoms with van der Waals surface area (Å²) in [4.78, 5) is 23.3. The Hall–Kier alpha value is -3.50. The van der Waals surface area contributed by atoms with Crippen molar-refractivity contribution in [3.8, 4) is 11.4 Å². The molecule has 0 fully saturated rings. The smallest absolute Gasteiger partial charge is 0.444 e. The minimum Gasteiger partial charge on any atom is -0.444 e. The van der Waals surface area contributed by atoms with Gasteiger partial charge in [0.15, 0.2) is 0 Å². The second-order valence-corrected chi connectivity index (χ2v) is 5.82. The number of alkyl halides is 3. The van der Waals surface area contributed by atoms with E-state index in [2.05, 4.69) is 29.9 Å². The highest BCUT2D eigenvalue weighted by molar-refractivity contribution is 5.84. The molecule has 0 saturated carbocycles. The topological polar surface area (TPSA) is 103 Å². The predicted octanol–water partition coefficient (Wildman–Crippen LogP) is 3.91. The standard InChI is InChI=1S/C17H14F3N5O3/c1-9-5-12(14-23-15(28-25-14)17(18,19)20)7-22-13(9)24-16(26)27-8-11-4-3-10(2)21-6-11/h3-7H,8H2,1-2H3,(H,22,24,26). The summed E-state index contributed by atoms with van der Waals surface area (Å²) in [6.45, 7) is 3.48. The fraction of sp³-hybridized carbons (Fsp3) is 0.235. The molecule has 1 N–H and O–H groups in total. The maximum absolute atomic E-state index is 12.5. The number of anilines is 1. The number of ether oxygens (including phenoxy) is 1. The van der Waals surface area contributed by atoms with E-state index in [1.165, 1.54) is 12.3 Å². The summed E-state index contributed by atoms with van der Waals surface area (Å²) in [5.41, 5.74) is 2.25. The number of nitrogens with zero attached hydrogens (tertiary/aromatic N) is 4. The summed E-state index contributed by atoms with van der Waals surface area (Å²) in [5, 5.41) is 5.75. The Kier molecular flexibility index (Phi) is 5.25. The summed E-state index contributed by atoms with van der Waals surface area (Å²) < 4.78 is 46.9. The van der Waals surface area contributed by atoms with Gasteiger partial charge in [0.25, 0.3) is 0 Å². The Morgan fingerprint density at radius 3 is 2.61 bits per heavy atom. The van der Waals surface area contributed by atoms with Gasteiger partial charge in [0.2, 0.25) is 5.82 Å². The molecule has 146 valence electrons. The highest BCUT2D eigenvalue weighted by Gasteiger charge is 2.38. The predicted molar refractivity (Wildman–Crippen MR) is 90.0 cm³/mol. The van der Waals surface area contributed by atoms with E-state index in [1.54, 1.807) is 25.3 Å². The van der Waals surface area contributed by atoms with E-state index in [0.29, 0.717) is 5.56 Å². The molecule has 0 radical (unpaired) electrons. The van der Waals surface area contributed by atoms with E-state index >= 15 is 0 Å². The van der Waals surface area contributed by atoms with Gasteiger partial charge in [-0.2, -0.15) is 18.2 Å². The molecule has 0 aliphatic rings. The van der Waals surface area contributed by atoms with Gasteiger partial charge in [0, 0.05) is 29.2 Å². The third-order valence-electron chi connectivity index (χ3n) is 3.57. The molecule has 3 rings (SSSR count). The van der Waals surface area contributed by atoms with E-state index < -0.39 is 18.2 Å². The number of carbonyl (C=O) groups is 1. The average molecular weight is 393 g/mol. The van der Waals surface area contributed by atoms with Crippen LogP contribution in [0, 0.1) is 13.8 Å². The molecule has 0 bridgehead atoms. The molecule has 0 unspecified atom stereocenters. The van der Waals surface area contributed by atoms with E-state index in [9.17, 15) is 18.0 Å². The molecule has 3 heterocycles. The highest BCUT2D eigenvalue weighted by atomic mass is 19.4. The fourth-order valence-corrected chi connectivity index (χ4v) is 2.15. The van der Waals surface area contributed by atoms with Crippen molar-refractivity contribution in [2.24, 2.45) is 0 Å². The van der Waals surface area contributed by atoms with Crippen molar-refractivity contribution in [1.82, 2.24) is 20.1 Å². The lowest BCUT2D eigenvalue weighted by Crippen LogP contribution is -2.15. The zero-order valence-corrected chi connectivity index (χ0v) is 14.7. The highest BCUT2D eigenvalue weighted by Crippen LogP contribution is 2.29. The number of halogens is 3. The molecule has 0 spiro atoms. The molecule has 1 amide bonds. The van der Waals surface area contributed by atoms with Gasteiger partial charge < -0.3 is 9.26 Å². The van der Waals surface area contributed by atoms with Crippen molar-refractivity contribution >= 4 is 11.9 Å². The molecule has 0 aliphatic carbocycles. The molecule has 0 aromatic carbocycles. The van der Waals surface area contributed by atoms with Crippen molar-refractivity contribution < 1.29 is 27.2 Å². The number of nitrogens with one attached hydrogen (secondary N) is 1. The zero-order chi connectivity index (χ0) is 20.3. The lowest BCUT2D eigenvalue weighted by molar-refractivity contribution is -0.159. The van der Waals surface area contributed by atoms with Gasteiger partial charge in [0.1, 0.15) is 12.4 Å². The third-order valence-corrected chi connectivity index (χ3v) is 3.57. The summed E-state index contributed by atoms with van der Waals surface area (Å²) >= 11 is 0. The number of pyridine rings is 2. The van der Waals surface area contributed by atoms with Gasteiger partial charge in [-0.3, -0.25) is 10.3 Å². The van der Waals surface area contributed by atoms with Crippen LogP contribution in [0.4, 0.5) is 23.8 Å². The van der Waals surface area contributed by atoms with Crippen LogP contribution in [-0.4, -0.2) is 26.2 Å². The number of hydrogen-bond acceptors (Lipinski definition) is 7. The molecular formula is C17H14F3N5O3. The number of hydrogen-bond donors (Lipinski definition) is 1. The number of amides is 1. The number of aryl methyl sites for hydroxylation is 2. The van der Waals surface area contributed by atoms with E-state index in [1.807, 2.05) is 6.92 Å². The van der Waals surface area contributed by atoms with Gasteiger partial charge in [0.05, 0.1) is 0 Å². The van der Waals surface area contributed by atoms with Crippen LogP contribution in [0.5, 0.6) is 0 Å². The van der Waals surface area contributed by atoms with Crippen LogP contribution in [-0.2, 0) is 17.5 Å². The van der Waals surface area contributed by atoms with Crippen LogP contribution in [0.1, 0.15) is 22.7 Å². The molecule has 0 atom stereocenters. The van der Waals surface area contributed by atoms with Gasteiger partial charge in [-0.1, -0.05) is 11.2 Å². The quantitative estimate of drug-likeness (QED) is 0.717. The SMILES string of the molecule is Cc1ccc(COC(=O)Nc2ncc(-c3noc(C(F)(F)F)n3)cc2C)cn1. The molecule has 3 aromatic heterocycles. The molecule has 0 aliphatic heterocycles. The molecular weight excluding hydrogens is 379 g/mol. The number of rotatable bonds is 4. The van der Waals surface area contributed by atoms with E-state index in [4.69, 9.17) is 4.74 Å². The van der Waals surface area contributed by atoms with Gasteiger partial charge >= 0.3 is 18.2 Å². The van der Waals surface area contributed by atoms with Crippen molar-refractivity contribution in [1.29, 1.82) is 0 Å². The van der Waals surface area contributed by atoms with Gasteiger partial charge in [-0.25, -0.2) is 9.78 Å².